The van der Waals surface area contributed by atoms with Crippen LogP contribution in [0.25, 0.3) is 10.8 Å². The quantitative estimate of drug-likeness (QED) is 0.653. The standard InChI is InChI=1S/C10H7.C8H11.Pt/c1-2-6-10-8-4-3-7-9(10)5-1;1-6-4-5-7(2)8(6)3;/h1-7H;4-5H,1-3H3;. The predicted molar refractivity (Wildman–Crippen MR) is 79.5 cm³/mol. The maximum atomic E-state index is 2.41. The SMILES string of the molecule is CC1=C(C)[C](C)([Pt][c]2cccc3ccccc23)C=C1. The van der Waals surface area contributed by atoms with E-state index in [4.69, 9.17) is 0 Å². The van der Waals surface area contributed by atoms with Crippen molar-refractivity contribution in [2.45, 2.75) is 24.6 Å². The van der Waals surface area contributed by atoms with Gasteiger partial charge in [0.2, 0.25) is 0 Å². The molecule has 0 heterocycles. The van der Waals surface area contributed by atoms with Gasteiger partial charge in [-0.25, -0.2) is 0 Å². The van der Waals surface area contributed by atoms with Crippen molar-refractivity contribution < 1.29 is 18.6 Å². The van der Waals surface area contributed by atoms with Crippen molar-refractivity contribution in [1.29, 1.82) is 0 Å². The monoisotopic (exact) mass is 429 g/mol. The second-order valence-electron chi connectivity index (χ2n) is 5.16. The molecule has 0 bridgehead atoms. The van der Waals surface area contributed by atoms with Crippen LogP contribution in [0.3, 0.4) is 0 Å². The molecule has 0 saturated carbocycles. The summed E-state index contributed by atoms with van der Waals surface area (Å²) in [5.74, 6) is 0. The third-order valence-electron chi connectivity index (χ3n) is 3.90. The third kappa shape index (κ3) is 2.23. The van der Waals surface area contributed by atoms with Crippen molar-refractivity contribution in [3.05, 3.63) is 65.8 Å². The Bertz CT molecular complexity index is 688. The van der Waals surface area contributed by atoms with Gasteiger partial charge >= 0.3 is 124 Å². The Hall–Kier alpha value is -1.13. The van der Waals surface area contributed by atoms with Crippen LogP contribution in [0.1, 0.15) is 20.8 Å². The summed E-state index contributed by atoms with van der Waals surface area (Å²) in [7, 11) is 0. The molecule has 0 fully saturated rings. The average Bonchev–Trinajstić information content (AvgIpc) is 2.67. The number of hydrogen-bond donors (Lipinski definition) is 0. The van der Waals surface area contributed by atoms with Crippen molar-refractivity contribution in [1.82, 2.24) is 0 Å². The Kier molecular flexibility index (Phi) is 3.23. The number of hydrogen-bond acceptors (Lipinski definition) is 0. The number of allylic oxidation sites excluding steroid dienone is 4. The fourth-order valence-corrected chi connectivity index (χ4v) is 6.15. The minimum absolute atomic E-state index is 0.0863. The molecule has 100 valence electrons. The molecule has 1 aliphatic rings. The van der Waals surface area contributed by atoms with E-state index >= 15 is 0 Å². The van der Waals surface area contributed by atoms with Crippen molar-refractivity contribution in [3.63, 3.8) is 0 Å². The van der Waals surface area contributed by atoms with Gasteiger partial charge in [-0.2, -0.15) is 0 Å². The third-order valence-corrected chi connectivity index (χ3v) is 7.91. The summed E-state index contributed by atoms with van der Waals surface area (Å²) >= 11 is -0.0863. The van der Waals surface area contributed by atoms with Crippen molar-refractivity contribution >= 4 is 14.7 Å². The molecule has 0 aromatic heterocycles. The molecule has 1 aliphatic carbocycles. The zero-order valence-electron chi connectivity index (χ0n) is 11.5. The van der Waals surface area contributed by atoms with Crippen LogP contribution in [0, 0.1) is 0 Å². The molecule has 0 radical (unpaired) electrons. The van der Waals surface area contributed by atoms with Crippen LogP contribution >= 0.6 is 0 Å². The van der Waals surface area contributed by atoms with Crippen LogP contribution in [0.2, 0.25) is 3.80 Å². The second kappa shape index (κ2) is 4.76. The second-order valence-corrected chi connectivity index (χ2v) is 9.31. The number of fused-ring (bicyclic) bond motifs is 1. The van der Waals surface area contributed by atoms with Gasteiger partial charge in [-0.3, -0.25) is 0 Å². The molecule has 1 unspecified atom stereocenters. The predicted octanol–water partition coefficient (Wildman–Crippen LogP) is 4.63. The molecular formula is C18H18Pt. The summed E-state index contributed by atoms with van der Waals surface area (Å²) in [5.41, 5.74) is 3.00. The van der Waals surface area contributed by atoms with Gasteiger partial charge in [0.05, 0.1) is 0 Å². The zero-order chi connectivity index (χ0) is 13.5. The van der Waals surface area contributed by atoms with Crippen molar-refractivity contribution in [2.75, 3.05) is 0 Å². The molecule has 0 spiro atoms. The minimum atomic E-state index is -0.0863. The molecule has 2 aromatic carbocycles. The summed E-state index contributed by atoms with van der Waals surface area (Å²) in [4.78, 5) is 0. The van der Waals surface area contributed by atoms with Crippen LogP contribution in [0.4, 0.5) is 0 Å². The van der Waals surface area contributed by atoms with Crippen molar-refractivity contribution in [2.24, 2.45) is 0 Å². The summed E-state index contributed by atoms with van der Waals surface area (Å²) < 4.78 is 1.84. The van der Waals surface area contributed by atoms with Crippen LogP contribution in [-0.4, -0.2) is 0 Å². The molecule has 0 saturated heterocycles. The Morgan fingerprint density at radius 1 is 0.947 bits per heavy atom. The first-order valence-corrected chi connectivity index (χ1v) is 8.82. The topological polar surface area (TPSA) is 0 Å². The Balaban J connectivity index is 2.06. The van der Waals surface area contributed by atoms with E-state index in [1.165, 1.54) is 16.3 Å². The molecule has 3 rings (SSSR count). The van der Waals surface area contributed by atoms with Gasteiger partial charge in [-0.1, -0.05) is 0 Å². The molecule has 0 amide bonds. The molecule has 19 heavy (non-hydrogen) atoms. The zero-order valence-corrected chi connectivity index (χ0v) is 13.8. The van der Waals surface area contributed by atoms with Gasteiger partial charge in [0.15, 0.2) is 0 Å². The summed E-state index contributed by atoms with van der Waals surface area (Å²) in [6.07, 6.45) is 4.70. The van der Waals surface area contributed by atoms with E-state index in [1.807, 2.05) is 0 Å². The number of benzene rings is 2. The molecule has 0 N–H and O–H groups in total. The van der Waals surface area contributed by atoms with Crippen LogP contribution in [-0.2, 0) is 18.6 Å². The molecule has 1 heteroatoms. The molecular weight excluding hydrogens is 411 g/mol. The summed E-state index contributed by atoms with van der Waals surface area (Å²) in [6, 6.07) is 15.5. The Morgan fingerprint density at radius 3 is 2.42 bits per heavy atom. The Morgan fingerprint density at radius 2 is 1.68 bits per heavy atom. The van der Waals surface area contributed by atoms with Gasteiger partial charge in [-0.15, -0.1) is 0 Å². The van der Waals surface area contributed by atoms with E-state index in [1.54, 1.807) is 9.53 Å². The van der Waals surface area contributed by atoms with Gasteiger partial charge in [0.1, 0.15) is 0 Å². The van der Waals surface area contributed by atoms with E-state index in [2.05, 4.69) is 75.4 Å². The van der Waals surface area contributed by atoms with Gasteiger partial charge < -0.3 is 0 Å². The van der Waals surface area contributed by atoms with E-state index in [0.717, 1.165) is 0 Å². The Labute approximate surface area is 123 Å². The summed E-state index contributed by atoms with van der Waals surface area (Å²) in [6.45, 7) is 6.91. The number of rotatable bonds is 2. The van der Waals surface area contributed by atoms with E-state index in [0.29, 0.717) is 0 Å². The first kappa shape index (κ1) is 12.9. The van der Waals surface area contributed by atoms with E-state index < -0.39 is 0 Å². The van der Waals surface area contributed by atoms with Crippen molar-refractivity contribution in [3.8, 4) is 0 Å². The molecule has 0 aliphatic heterocycles. The summed E-state index contributed by atoms with van der Waals surface area (Å²) in [5, 5.41) is 2.80. The first-order valence-electron chi connectivity index (χ1n) is 6.55. The van der Waals surface area contributed by atoms with Crippen LogP contribution in [0.15, 0.2) is 65.8 Å². The van der Waals surface area contributed by atoms with Gasteiger partial charge in [0.25, 0.3) is 0 Å². The molecule has 2 aromatic rings. The van der Waals surface area contributed by atoms with Crippen LogP contribution < -0.4 is 3.95 Å². The maximum absolute atomic E-state index is 2.41. The van der Waals surface area contributed by atoms with E-state index in [-0.39, 0.29) is 22.4 Å². The molecule has 1 atom stereocenters. The fraction of sp³-hybridized carbons (Fsp3) is 0.222. The molecule has 0 nitrogen and oxygen atoms in total. The van der Waals surface area contributed by atoms with Gasteiger partial charge in [0, 0.05) is 0 Å². The first-order chi connectivity index (χ1) is 9.10. The average molecular weight is 429 g/mol. The van der Waals surface area contributed by atoms with Crippen LogP contribution in [0.5, 0.6) is 0 Å². The fourth-order valence-electron chi connectivity index (χ4n) is 2.40. The van der Waals surface area contributed by atoms with Gasteiger partial charge in [-0.05, 0) is 0 Å². The van der Waals surface area contributed by atoms with E-state index in [9.17, 15) is 0 Å². The normalized spacial score (nSPS) is 22.7.